The first kappa shape index (κ1) is 18.6. The lowest BCUT2D eigenvalue weighted by Gasteiger charge is -2.25. The highest BCUT2D eigenvalue weighted by molar-refractivity contribution is 7.93. The Morgan fingerprint density at radius 2 is 1.92 bits per heavy atom. The van der Waals surface area contributed by atoms with Crippen LogP contribution in [0, 0.1) is 5.92 Å². The average molecular weight is 348 g/mol. The molecule has 1 saturated carbocycles. The fourth-order valence-electron chi connectivity index (χ4n) is 3.01. The van der Waals surface area contributed by atoms with E-state index in [4.69, 9.17) is 0 Å². The van der Waals surface area contributed by atoms with Crippen molar-refractivity contribution in [2.24, 2.45) is 5.92 Å². The molecule has 0 saturated heterocycles. The van der Waals surface area contributed by atoms with Crippen molar-refractivity contribution in [3.63, 3.8) is 0 Å². The van der Waals surface area contributed by atoms with Gasteiger partial charge in [0.25, 0.3) is 0 Å². The summed E-state index contributed by atoms with van der Waals surface area (Å²) < 4.78 is 24.3. The van der Waals surface area contributed by atoms with Gasteiger partial charge in [-0.25, -0.2) is 8.42 Å². The van der Waals surface area contributed by atoms with Gasteiger partial charge in [-0.3, -0.25) is 9.59 Å². The molecule has 4 nitrogen and oxygen atoms in total. The molecule has 2 unspecified atom stereocenters. The topological polar surface area (TPSA) is 68.3 Å². The molecule has 130 valence electrons. The van der Waals surface area contributed by atoms with Crippen LogP contribution < -0.4 is 0 Å². The van der Waals surface area contributed by atoms with Gasteiger partial charge in [-0.05, 0) is 51.7 Å². The lowest BCUT2D eigenvalue weighted by molar-refractivity contribution is -0.120. The van der Waals surface area contributed by atoms with Gasteiger partial charge in [0, 0.05) is 12.3 Å². The Morgan fingerprint density at radius 1 is 1.25 bits per heavy atom. The highest BCUT2D eigenvalue weighted by atomic mass is 32.2. The molecule has 0 amide bonds. The third-order valence-electron chi connectivity index (χ3n) is 4.92. The molecule has 5 heteroatoms. The SMILES string of the molecule is CC(=O)C(C)(C/C=C/CC1CCCC1=O)S(=O)(=O)c1ccccc1. The van der Waals surface area contributed by atoms with Crippen LogP contribution in [-0.2, 0) is 19.4 Å². The summed E-state index contributed by atoms with van der Waals surface area (Å²) in [6, 6.07) is 8.06. The van der Waals surface area contributed by atoms with Crippen molar-refractivity contribution in [3.8, 4) is 0 Å². The number of Topliss-reactive ketones (excluding diaryl/α,β-unsaturated/α-hetero) is 2. The van der Waals surface area contributed by atoms with Crippen LogP contribution in [0.4, 0.5) is 0 Å². The predicted molar refractivity (Wildman–Crippen MR) is 93.4 cm³/mol. The highest BCUT2D eigenvalue weighted by Gasteiger charge is 2.43. The molecule has 0 aromatic heterocycles. The first-order valence-electron chi connectivity index (χ1n) is 8.27. The van der Waals surface area contributed by atoms with Gasteiger partial charge >= 0.3 is 0 Å². The van der Waals surface area contributed by atoms with Gasteiger partial charge < -0.3 is 0 Å². The predicted octanol–water partition coefficient (Wildman–Crippen LogP) is 3.51. The first-order valence-corrected chi connectivity index (χ1v) is 9.76. The molecule has 1 aromatic rings. The van der Waals surface area contributed by atoms with E-state index in [1.54, 1.807) is 24.3 Å². The third kappa shape index (κ3) is 3.66. The molecule has 2 atom stereocenters. The van der Waals surface area contributed by atoms with Crippen molar-refractivity contribution in [2.45, 2.75) is 55.6 Å². The molecule has 0 heterocycles. The van der Waals surface area contributed by atoms with E-state index >= 15 is 0 Å². The quantitative estimate of drug-likeness (QED) is 0.707. The van der Waals surface area contributed by atoms with Crippen molar-refractivity contribution >= 4 is 21.4 Å². The zero-order valence-corrected chi connectivity index (χ0v) is 15.0. The van der Waals surface area contributed by atoms with E-state index in [0.717, 1.165) is 12.8 Å². The van der Waals surface area contributed by atoms with Gasteiger partial charge in [0.15, 0.2) is 15.6 Å². The molecule has 0 N–H and O–H groups in total. The van der Waals surface area contributed by atoms with Crippen LogP contribution in [0.2, 0.25) is 0 Å². The summed E-state index contributed by atoms with van der Waals surface area (Å²) >= 11 is 0. The lowest BCUT2D eigenvalue weighted by Crippen LogP contribution is -2.41. The van der Waals surface area contributed by atoms with Crippen molar-refractivity contribution in [1.82, 2.24) is 0 Å². The minimum atomic E-state index is -3.78. The van der Waals surface area contributed by atoms with Gasteiger partial charge in [0.2, 0.25) is 0 Å². The Morgan fingerprint density at radius 3 is 2.46 bits per heavy atom. The average Bonchev–Trinajstić information content (AvgIpc) is 2.97. The second kappa shape index (κ2) is 7.43. The van der Waals surface area contributed by atoms with E-state index in [1.807, 2.05) is 6.08 Å². The molecular formula is C19H24O4S. The summed E-state index contributed by atoms with van der Waals surface area (Å²) in [6.45, 7) is 2.79. The fourth-order valence-corrected chi connectivity index (χ4v) is 4.74. The maximum atomic E-state index is 12.9. The van der Waals surface area contributed by atoms with E-state index in [0.29, 0.717) is 12.8 Å². The largest absolute Gasteiger partial charge is 0.299 e. The highest BCUT2D eigenvalue weighted by Crippen LogP contribution is 2.31. The van der Waals surface area contributed by atoms with Gasteiger partial charge in [0.1, 0.15) is 10.5 Å². The van der Waals surface area contributed by atoms with Crippen LogP contribution in [-0.4, -0.2) is 24.7 Å². The number of benzene rings is 1. The maximum absolute atomic E-state index is 12.9. The van der Waals surface area contributed by atoms with Crippen molar-refractivity contribution in [3.05, 3.63) is 42.5 Å². The Labute approximate surface area is 143 Å². The number of hydrogen-bond donors (Lipinski definition) is 0. The third-order valence-corrected chi connectivity index (χ3v) is 7.45. The van der Waals surface area contributed by atoms with Crippen LogP contribution in [0.3, 0.4) is 0 Å². The molecule has 1 aliphatic carbocycles. The molecule has 24 heavy (non-hydrogen) atoms. The number of hydrogen-bond acceptors (Lipinski definition) is 4. The molecule has 2 rings (SSSR count). The molecule has 1 aromatic carbocycles. The first-order chi connectivity index (χ1) is 11.3. The number of carbonyl (C=O) groups is 2. The molecule has 1 aliphatic rings. The minimum absolute atomic E-state index is 0.0514. The van der Waals surface area contributed by atoms with Gasteiger partial charge in [-0.15, -0.1) is 0 Å². The van der Waals surface area contributed by atoms with E-state index < -0.39 is 14.6 Å². The summed E-state index contributed by atoms with van der Waals surface area (Å²) in [5, 5.41) is 0. The summed E-state index contributed by atoms with van der Waals surface area (Å²) in [7, 11) is -3.78. The second-order valence-corrected chi connectivity index (χ2v) is 8.95. The fraction of sp³-hybridized carbons (Fsp3) is 0.474. The molecule has 0 radical (unpaired) electrons. The Kier molecular flexibility index (Phi) is 5.75. The molecular weight excluding hydrogens is 324 g/mol. The van der Waals surface area contributed by atoms with E-state index in [9.17, 15) is 18.0 Å². The van der Waals surface area contributed by atoms with E-state index in [-0.39, 0.29) is 28.8 Å². The van der Waals surface area contributed by atoms with Crippen molar-refractivity contribution < 1.29 is 18.0 Å². The van der Waals surface area contributed by atoms with Crippen LogP contribution in [0.5, 0.6) is 0 Å². The lowest BCUT2D eigenvalue weighted by atomic mass is 9.99. The molecule has 0 bridgehead atoms. The standard InChI is InChI=1S/C19H24O4S/c1-15(20)19(2,24(22,23)17-11-4-3-5-12-17)14-7-6-9-16-10-8-13-18(16)21/h3-7,11-12,16H,8-10,13-14H2,1-2H3/b7-6+. The number of carbonyl (C=O) groups excluding carboxylic acids is 2. The van der Waals surface area contributed by atoms with Crippen LogP contribution in [0.25, 0.3) is 0 Å². The number of sulfone groups is 1. The summed E-state index contributed by atoms with van der Waals surface area (Å²) in [5.74, 6) is -0.0469. The van der Waals surface area contributed by atoms with Gasteiger partial charge in [-0.1, -0.05) is 30.4 Å². The smallest absolute Gasteiger partial charge is 0.191 e. The zero-order valence-electron chi connectivity index (χ0n) is 14.2. The molecule has 0 aliphatic heterocycles. The van der Waals surface area contributed by atoms with Crippen LogP contribution in [0.15, 0.2) is 47.4 Å². The Balaban J connectivity index is 2.16. The molecule has 1 fully saturated rings. The second-order valence-electron chi connectivity index (χ2n) is 6.57. The van der Waals surface area contributed by atoms with Crippen molar-refractivity contribution in [2.75, 3.05) is 0 Å². The van der Waals surface area contributed by atoms with Crippen LogP contribution in [0.1, 0.15) is 46.0 Å². The van der Waals surface area contributed by atoms with Crippen LogP contribution >= 0.6 is 0 Å². The van der Waals surface area contributed by atoms with Gasteiger partial charge in [0.05, 0.1) is 4.90 Å². The van der Waals surface area contributed by atoms with E-state index in [1.165, 1.54) is 26.0 Å². The van der Waals surface area contributed by atoms with Crippen molar-refractivity contribution in [1.29, 1.82) is 0 Å². The number of ketones is 2. The summed E-state index contributed by atoms with van der Waals surface area (Å²) in [5.41, 5.74) is 0. The molecule has 0 spiro atoms. The maximum Gasteiger partial charge on any atom is 0.191 e. The Hall–Kier alpha value is -1.75. The number of rotatable bonds is 7. The Bertz CT molecular complexity index is 734. The summed E-state index contributed by atoms with van der Waals surface area (Å²) in [6.07, 6.45) is 6.79. The number of allylic oxidation sites excluding steroid dienone is 2. The van der Waals surface area contributed by atoms with Gasteiger partial charge in [-0.2, -0.15) is 0 Å². The normalized spacial score (nSPS) is 21.1. The zero-order chi connectivity index (χ0) is 17.8. The minimum Gasteiger partial charge on any atom is -0.299 e. The summed E-state index contributed by atoms with van der Waals surface area (Å²) in [4.78, 5) is 23.9. The van der Waals surface area contributed by atoms with E-state index in [2.05, 4.69) is 0 Å². The monoisotopic (exact) mass is 348 g/mol.